The first-order valence-electron chi connectivity index (χ1n) is 12.6. The number of rotatable bonds is 10. The number of carboxylic acids is 1. The Morgan fingerprint density at radius 2 is 1.85 bits per heavy atom. The van der Waals surface area contributed by atoms with E-state index >= 15 is 0 Å². The molecule has 8 nitrogen and oxygen atoms in total. The number of methoxy groups -OCH3 is 2. The molecule has 208 valence electrons. The van der Waals surface area contributed by atoms with Crippen LogP contribution in [0.1, 0.15) is 41.7 Å². The van der Waals surface area contributed by atoms with E-state index in [0.717, 1.165) is 33.6 Å². The molecule has 0 radical (unpaired) electrons. The van der Waals surface area contributed by atoms with Gasteiger partial charge in [0.2, 0.25) is 0 Å². The van der Waals surface area contributed by atoms with Crippen LogP contribution in [0.2, 0.25) is 0 Å². The molecule has 2 aromatic rings. The van der Waals surface area contributed by atoms with E-state index < -0.39 is 18.1 Å². The summed E-state index contributed by atoms with van der Waals surface area (Å²) in [6.45, 7) is 6.00. The van der Waals surface area contributed by atoms with Crippen LogP contribution in [0, 0.1) is 6.92 Å². The SMILES string of the molecule is COc1cc(/C=C/c2cccc(C3=C/C=C/OCCOC(C)=C3)c2C)cc(OC)c1CNC(C)(CO)C(=O)O. The van der Waals surface area contributed by atoms with Crippen molar-refractivity contribution in [1.29, 1.82) is 0 Å². The Hall–Kier alpha value is -4.01. The van der Waals surface area contributed by atoms with Crippen molar-refractivity contribution < 1.29 is 34.0 Å². The van der Waals surface area contributed by atoms with Gasteiger partial charge in [-0.25, -0.2) is 0 Å². The van der Waals surface area contributed by atoms with Crippen molar-refractivity contribution in [1.82, 2.24) is 5.32 Å². The first-order valence-corrected chi connectivity index (χ1v) is 12.6. The minimum atomic E-state index is -1.50. The quantitative estimate of drug-likeness (QED) is 0.367. The second kappa shape index (κ2) is 13.7. The Labute approximate surface area is 229 Å². The Morgan fingerprint density at radius 1 is 1.13 bits per heavy atom. The smallest absolute Gasteiger partial charge is 0.326 e. The van der Waals surface area contributed by atoms with E-state index in [1.54, 1.807) is 20.5 Å². The number of ether oxygens (including phenoxy) is 4. The second-order valence-electron chi connectivity index (χ2n) is 9.33. The van der Waals surface area contributed by atoms with Crippen molar-refractivity contribution in [3.63, 3.8) is 0 Å². The summed E-state index contributed by atoms with van der Waals surface area (Å²) in [5, 5.41) is 21.9. The van der Waals surface area contributed by atoms with Gasteiger partial charge in [0.05, 0.1) is 32.8 Å². The van der Waals surface area contributed by atoms with E-state index in [4.69, 9.17) is 18.9 Å². The molecule has 0 spiro atoms. The number of hydrogen-bond donors (Lipinski definition) is 3. The molecule has 1 aliphatic heterocycles. The summed E-state index contributed by atoms with van der Waals surface area (Å²) in [6, 6.07) is 9.88. The van der Waals surface area contributed by atoms with Crippen molar-refractivity contribution >= 4 is 23.7 Å². The molecule has 0 aliphatic carbocycles. The summed E-state index contributed by atoms with van der Waals surface area (Å²) in [5.74, 6) is 0.749. The molecule has 1 heterocycles. The number of nitrogens with one attached hydrogen (secondary N) is 1. The fourth-order valence-corrected chi connectivity index (χ4v) is 4.08. The zero-order chi connectivity index (χ0) is 28.4. The molecule has 8 heteroatoms. The molecule has 1 unspecified atom stereocenters. The van der Waals surface area contributed by atoms with E-state index in [9.17, 15) is 15.0 Å². The molecule has 0 amide bonds. The van der Waals surface area contributed by atoms with Crippen LogP contribution in [0.5, 0.6) is 11.5 Å². The van der Waals surface area contributed by atoms with Crippen molar-refractivity contribution in [3.8, 4) is 11.5 Å². The summed E-state index contributed by atoms with van der Waals surface area (Å²) in [7, 11) is 3.10. The van der Waals surface area contributed by atoms with Gasteiger partial charge in [0.25, 0.3) is 0 Å². The summed E-state index contributed by atoms with van der Waals surface area (Å²) in [6.07, 6.45) is 11.6. The number of aliphatic hydroxyl groups is 1. The third-order valence-corrected chi connectivity index (χ3v) is 6.56. The Balaban J connectivity index is 1.93. The lowest BCUT2D eigenvalue weighted by Gasteiger charge is -2.25. The summed E-state index contributed by atoms with van der Waals surface area (Å²) in [5.41, 5.74) is 4.24. The van der Waals surface area contributed by atoms with Crippen molar-refractivity contribution in [2.24, 2.45) is 0 Å². The highest BCUT2D eigenvalue weighted by atomic mass is 16.5. The highest BCUT2D eigenvalue weighted by Crippen LogP contribution is 2.32. The summed E-state index contributed by atoms with van der Waals surface area (Å²) >= 11 is 0. The number of benzene rings is 2. The van der Waals surface area contributed by atoms with Gasteiger partial charge in [-0.3, -0.25) is 10.1 Å². The first-order chi connectivity index (χ1) is 18.7. The van der Waals surface area contributed by atoms with E-state index in [-0.39, 0.29) is 6.54 Å². The van der Waals surface area contributed by atoms with Gasteiger partial charge >= 0.3 is 5.97 Å². The lowest BCUT2D eigenvalue weighted by Crippen LogP contribution is -2.52. The van der Waals surface area contributed by atoms with E-state index in [2.05, 4.69) is 24.4 Å². The predicted molar refractivity (Wildman–Crippen MR) is 152 cm³/mol. The molecule has 39 heavy (non-hydrogen) atoms. The van der Waals surface area contributed by atoms with Crippen LogP contribution < -0.4 is 14.8 Å². The van der Waals surface area contributed by atoms with Gasteiger partial charge in [0, 0.05) is 12.1 Å². The van der Waals surface area contributed by atoms with Gasteiger partial charge in [-0.1, -0.05) is 36.4 Å². The van der Waals surface area contributed by atoms with Crippen LogP contribution in [0.3, 0.4) is 0 Å². The normalized spacial score (nSPS) is 16.3. The lowest BCUT2D eigenvalue weighted by molar-refractivity contribution is -0.145. The summed E-state index contributed by atoms with van der Waals surface area (Å²) in [4.78, 5) is 11.6. The van der Waals surface area contributed by atoms with E-state index in [0.29, 0.717) is 30.3 Å². The molecule has 1 aliphatic rings. The van der Waals surface area contributed by atoms with Gasteiger partial charge in [-0.2, -0.15) is 0 Å². The highest BCUT2D eigenvalue weighted by Gasteiger charge is 2.32. The second-order valence-corrected chi connectivity index (χ2v) is 9.33. The minimum absolute atomic E-state index is 0.131. The fourth-order valence-electron chi connectivity index (χ4n) is 4.08. The number of aliphatic hydroxyl groups excluding tert-OH is 1. The van der Waals surface area contributed by atoms with Gasteiger partial charge < -0.3 is 29.2 Å². The third kappa shape index (κ3) is 7.52. The molecule has 3 rings (SSSR count). The van der Waals surface area contributed by atoms with Gasteiger partial charge in [0.15, 0.2) is 0 Å². The zero-order valence-corrected chi connectivity index (χ0v) is 23.1. The molecule has 3 N–H and O–H groups in total. The van der Waals surface area contributed by atoms with Crippen molar-refractivity contribution in [2.75, 3.05) is 34.0 Å². The number of carboxylic acid groups (broad SMARTS) is 1. The number of allylic oxidation sites excluding steroid dienone is 5. The molecular weight excluding hydrogens is 498 g/mol. The molecular formula is C31H37NO7. The lowest BCUT2D eigenvalue weighted by atomic mass is 9.95. The van der Waals surface area contributed by atoms with Crippen LogP contribution >= 0.6 is 0 Å². The Morgan fingerprint density at radius 3 is 2.49 bits per heavy atom. The van der Waals surface area contributed by atoms with Crippen LogP contribution in [0.15, 0.2) is 60.6 Å². The van der Waals surface area contributed by atoms with Gasteiger partial charge in [-0.05, 0) is 72.9 Å². The highest BCUT2D eigenvalue weighted by molar-refractivity contribution is 5.82. The van der Waals surface area contributed by atoms with Crippen LogP contribution in [-0.4, -0.2) is 55.8 Å². The standard InChI is InChI=1S/C31H37NO7/c1-21-16-25(9-7-13-38-14-15-39-21)26-10-6-8-24(22(26)2)12-11-23-17-28(36-4)27(29(18-23)37-5)19-32-31(3,20-33)30(34)35/h6-13,16-18,32-33H,14-15,19-20H2,1-5H3,(H,34,35)/b12-11+,13-7+,21-16?,25-9?. The molecule has 0 saturated carbocycles. The van der Waals surface area contributed by atoms with Gasteiger partial charge in [-0.15, -0.1) is 0 Å². The Bertz CT molecular complexity index is 1270. The molecule has 0 fully saturated rings. The van der Waals surface area contributed by atoms with E-state index in [1.165, 1.54) is 6.92 Å². The zero-order valence-electron chi connectivity index (χ0n) is 23.1. The third-order valence-electron chi connectivity index (χ3n) is 6.56. The predicted octanol–water partition coefficient (Wildman–Crippen LogP) is 4.96. The number of aliphatic carboxylic acids is 1. The summed E-state index contributed by atoms with van der Waals surface area (Å²) < 4.78 is 22.4. The fraction of sp³-hybridized carbons (Fsp3) is 0.323. The molecule has 0 bridgehead atoms. The van der Waals surface area contributed by atoms with Crippen molar-refractivity contribution in [3.05, 3.63) is 88.4 Å². The maximum absolute atomic E-state index is 11.6. The average Bonchev–Trinajstić information content (AvgIpc) is 2.94. The number of hydrogen-bond acceptors (Lipinski definition) is 7. The largest absolute Gasteiger partial charge is 0.498 e. The van der Waals surface area contributed by atoms with E-state index in [1.807, 2.05) is 55.5 Å². The average molecular weight is 536 g/mol. The number of carbonyl (C=O) groups is 1. The monoisotopic (exact) mass is 535 g/mol. The first kappa shape index (κ1) is 29.5. The van der Waals surface area contributed by atoms with Gasteiger partial charge in [0.1, 0.15) is 30.3 Å². The molecule has 0 saturated heterocycles. The maximum atomic E-state index is 11.6. The molecule has 0 aromatic heterocycles. The Kier molecular flexibility index (Phi) is 10.4. The minimum Gasteiger partial charge on any atom is -0.498 e. The van der Waals surface area contributed by atoms with Crippen LogP contribution in [-0.2, 0) is 20.8 Å². The van der Waals surface area contributed by atoms with Crippen LogP contribution in [0.25, 0.3) is 17.7 Å². The van der Waals surface area contributed by atoms with Crippen molar-refractivity contribution in [2.45, 2.75) is 32.9 Å². The molecule has 2 aromatic carbocycles. The maximum Gasteiger partial charge on any atom is 0.326 e. The van der Waals surface area contributed by atoms with Crippen LogP contribution in [0.4, 0.5) is 0 Å². The molecule has 1 atom stereocenters. The topological polar surface area (TPSA) is 106 Å².